The van der Waals surface area contributed by atoms with Gasteiger partial charge in [0.15, 0.2) is 5.78 Å². The molecule has 1 aliphatic heterocycles. The van der Waals surface area contributed by atoms with Gasteiger partial charge in [-0.25, -0.2) is 0 Å². The summed E-state index contributed by atoms with van der Waals surface area (Å²) in [5.41, 5.74) is 1.93. The van der Waals surface area contributed by atoms with E-state index >= 15 is 0 Å². The van der Waals surface area contributed by atoms with Gasteiger partial charge in [0.2, 0.25) is 0 Å². The molecule has 0 spiro atoms. The van der Waals surface area contributed by atoms with Crippen molar-refractivity contribution >= 4 is 40.0 Å². The Kier molecular flexibility index (Phi) is 4.82. The van der Waals surface area contributed by atoms with Crippen molar-refractivity contribution in [2.75, 3.05) is 7.11 Å². The predicted octanol–water partition coefficient (Wildman–Crippen LogP) is 3.84. The lowest BCUT2D eigenvalue weighted by Gasteiger charge is -2.05. The van der Waals surface area contributed by atoms with Gasteiger partial charge in [-0.15, -0.1) is 21.5 Å². The number of nitrogens with one attached hydrogen (secondary N) is 1. The number of carbonyl (C=O) groups excluding carboxylic acids is 1. The summed E-state index contributed by atoms with van der Waals surface area (Å²) < 4.78 is 5.26. The minimum Gasteiger partial charge on any atom is -0.496 e. The molecule has 1 N–H and O–H groups in total. The molecule has 2 aromatic rings. The Labute approximate surface area is 148 Å². The van der Waals surface area contributed by atoms with Gasteiger partial charge in [-0.2, -0.15) is 0 Å². The molecule has 3 rings (SSSR count). The van der Waals surface area contributed by atoms with Gasteiger partial charge >= 0.3 is 0 Å². The maximum absolute atomic E-state index is 12.7. The van der Waals surface area contributed by atoms with Gasteiger partial charge in [0.25, 0.3) is 0 Å². The number of hydrogen-bond donors (Lipinski definition) is 1. The van der Waals surface area contributed by atoms with E-state index in [0.29, 0.717) is 15.0 Å². The van der Waals surface area contributed by atoms with Crippen molar-refractivity contribution in [3.63, 3.8) is 0 Å². The Morgan fingerprint density at radius 2 is 2.17 bits per heavy atom. The molecule has 1 saturated heterocycles. The number of aryl methyl sites for hydroxylation is 2. The van der Waals surface area contributed by atoms with Gasteiger partial charge in [-0.3, -0.25) is 10.2 Å². The lowest BCUT2D eigenvalue weighted by atomic mass is 10.0. The Morgan fingerprint density at radius 3 is 2.79 bits per heavy atom. The second-order valence-electron chi connectivity index (χ2n) is 5.39. The average molecular weight is 359 g/mol. The zero-order chi connectivity index (χ0) is 17.3. The number of aromatic nitrogens is 2. The van der Waals surface area contributed by atoms with Crippen LogP contribution in [0.3, 0.4) is 0 Å². The number of ether oxygens (including phenoxy) is 1. The molecule has 0 bridgehead atoms. The summed E-state index contributed by atoms with van der Waals surface area (Å²) >= 11 is 2.62. The molecule has 1 aliphatic rings. The summed E-state index contributed by atoms with van der Waals surface area (Å²) in [5.74, 6) is 0.143. The largest absolute Gasteiger partial charge is 0.496 e. The molecule has 124 valence electrons. The number of hydrogen-bond acceptors (Lipinski definition) is 7. The van der Waals surface area contributed by atoms with E-state index in [1.165, 1.54) is 23.1 Å². The third-order valence-electron chi connectivity index (χ3n) is 3.74. The second kappa shape index (κ2) is 6.86. The zero-order valence-electron chi connectivity index (χ0n) is 13.6. The van der Waals surface area contributed by atoms with E-state index in [2.05, 4.69) is 10.2 Å². The maximum atomic E-state index is 12.7. The number of ketones is 1. The van der Waals surface area contributed by atoms with Crippen LogP contribution in [0.25, 0.3) is 6.08 Å². The highest BCUT2D eigenvalue weighted by Gasteiger charge is 2.39. The molecular weight excluding hydrogens is 342 g/mol. The number of benzene rings is 1. The first-order valence-electron chi connectivity index (χ1n) is 7.52. The number of methoxy groups -OCH3 is 1. The van der Waals surface area contributed by atoms with E-state index in [-0.39, 0.29) is 5.78 Å². The van der Waals surface area contributed by atoms with Crippen molar-refractivity contribution < 1.29 is 9.53 Å². The molecule has 0 aliphatic carbocycles. The van der Waals surface area contributed by atoms with E-state index < -0.39 is 5.92 Å². The quantitative estimate of drug-likeness (QED) is 0.840. The second-order valence-corrected chi connectivity index (χ2v) is 7.57. The smallest absolute Gasteiger partial charge is 0.186 e. The first-order valence-corrected chi connectivity index (χ1v) is 9.16. The highest BCUT2D eigenvalue weighted by molar-refractivity contribution is 8.19. The molecular formula is C17H17N3O2S2. The molecule has 1 aromatic heterocycles. The van der Waals surface area contributed by atoms with Crippen LogP contribution in [0, 0.1) is 12.3 Å². The van der Waals surface area contributed by atoms with Crippen molar-refractivity contribution in [3.8, 4) is 5.75 Å². The number of thioether (sulfide) groups is 1. The molecule has 1 fully saturated rings. The number of allylic oxidation sites excluding steroid dienone is 1. The normalized spacial score (nSPS) is 19.3. The van der Waals surface area contributed by atoms with Gasteiger partial charge in [0.05, 0.1) is 17.1 Å². The van der Waals surface area contributed by atoms with Crippen LogP contribution in [0.1, 0.15) is 34.0 Å². The Hall–Kier alpha value is -1.99. The Balaban J connectivity index is 1.89. The number of nitrogens with zero attached hydrogens (tertiary/aromatic N) is 2. The van der Waals surface area contributed by atoms with Gasteiger partial charge in [0.1, 0.15) is 21.7 Å². The Bertz CT molecular complexity index is 842. The van der Waals surface area contributed by atoms with E-state index in [9.17, 15) is 4.79 Å². The van der Waals surface area contributed by atoms with Crippen LogP contribution in [-0.2, 0) is 11.2 Å². The number of Topliss-reactive ketones (excluding diaryl/α,β-unsaturated/α-hetero) is 1. The zero-order valence-corrected chi connectivity index (χ0v) is 15.3. The summed E-state index contributed by atoms with van der Waals surface area (Å²) in [6, 6.07) is 5.76. The van der Waals surface area contributed by atoms with Gasteiger partial charge in [-0.1, -0.05) is 24.8 Å². The first-order chi connectivity index (χ1) is 11.5. The average Bonchev–Trinajstić information content (AvgIpc) is 3.12. The summed E-state index contributed by atoms with van der Waals surface area (Å²) in [6.45, 7) is 3.96. The SMILES string of the molecule is CCc1nnc(C2C(=N)SC(=Cc3ccc(OC)c(C)c3)C2=O)s1. The fraction of sp³-hybridized carbons (Fsp3) is 0.294. The van der Waals surface area contributed by atoms with E-state index in [1.807, 2.05) is 38.1 Å². The molecule has 1 atom stereocenters. The molecule has 2 heterocycles. The summed E-state index contributed by atoms with van der Waals surface area (Å²) in [4.78, 5) is 13.3. The van der Waals surface area contributed by atoms with Crippen LogP contribution in [0.2, 0.25) is 0 Å². The molecule has 1 aromatic carbocycles. The highest BCUT2D eigenvalue weighted by atomic mass is 32.2. The van der Waals surface area contributed by atoms with E-state index in [1.54, 1.807) is 7.11 Å². The third kappa shape index (κ3) is 3.14. The minimum absolute atomic E-state index is 0.0720. The fourth-order valence-corrected chi connectivity index (χ4v) is 4.44. The van der Waals surface area contributed by atoms with Crippen LogP contribution in [0.5, 0.6) is 5.75 Å². The Morgan fingerprint density at radius 1 is 1.38 bits per heavy atom. The number of carbonyl (C=O) groups is 1. The van der Waals surface area contributed by atoms with E-state index in [4.69, 9.17) is 10.1 Å². The van der Waals surface area contributed by atoms with Crippen LogP contribution >= 0.6 is 23.1 Å². The highest BCUT2D eigenvalue weighted by Crippen LogP contribution is 2.41. The summed E-state index contributed by atoms with van der Waals surface area (Å²) in [6.07, 6.45) is 2.61. The third-order valence-corrected chi connectivity index (χ3v) is 5.86. The van der Waals surface area contributed by atoms with Crippen LogP contribution in [-0.4, -0.2) is 28.1 Å². The molecule has 0 amide bonds. The van der Waals surface area contributed by atoms with Crippen molar-refractivity contribution in [2.45, 2.75) is 26.2 Å². The molecule has 7 heteroatoms. The van der Waals surface area contributed by atoms with Gasteiger partial charge < -0.3 is 4.74 Å². The molecule has 0 radical (unpaired) electrons. The van der Waals surface area contributed by atoms with Crippen molar-refractivity contribution in [2.24, 2.45) is 0 Å². The van der Waals surface area contributed by atoms with Crippen LogP contribution in [0.4, 0.5) is 0 Å². The molecule has 5 nitrogen and oxygen atoms in total. The minimum atomic E-state index is -0.599. The molecule has 0 saturated carbocycles. The summed E-state index contributed by atoms with van der Waals surface area (Å²) in [5, 5.41) is 18.1. The lowest BCUT2D eigenvalue weighted by Crippen LogP contribution is -2.11. The van der Waals surface area contributed by atoms with Gasteiger partial charge in [-0.05, 0) is 42.7 Å². The van der Waals surface area contributed by atoms with E-state index in [0.717, 1.165) is 28.3 Å². The van der Waals surface area contributed by atoms with Crippen LogP contribution in [0.15, 0.2) is 23.1 Å². The summed E-state index contributed by atoms with van der Waals surface area (Å²) in [7, 11) is 1.63. The molecule has 1 unspecified atom stereocenters. The fourth-order valence-electron chi connectivity index (χ4n) is 2.48. The van der Waals surface area contributed by atoms with Crippen molar-refractivity contribution in [3.05, 3.63) is 44.2 Å². The monoisotopic (exact) mass is 359 g/mol. The first kappa shape index (κ1) is 16.9. The molecule has 24 heavy (non-hydrogen) atoms. The van der Waals surface area contributed by atoms with Crippen molar-refractivity contribution in [1.29, 1.82) is 5.41 Å². The van der Waals surface area contributed by atoms with Gasteiger partial charge in [0, 0.05) is 0 Å². The standard InChI is InChI=1S/C17H17N3O2S2/c1-4-13-19-20-17(24-13)14-15(21)12(23-16(14)18)8-10-5-6-11(22-3)9(2)7-10/h5-8,14,18H,4H2,1-3H3. The van der Waals surface area contributed by atoms with Crippen molar-refractivity contribution in [1.82, 2.24) is 10.2 Å². The number of rotatable bonds is 4. The maximum Gasteiger partial charge on any atom is 0.186 e. The lowest BCUT2D eigenvalue weighted by molar-refractivity contribution is -0.114. The predicted molar refractivity (Wildman–Crippen MR) is 98.1 cm³/mol. The topological polar surface area (TPSA) is 75.9 Å². The van der Waals surface area contributed by atoms with Crippen LogP contribution < -0.4 is 4.74 Å².